The van der Waals surface area contributed by atoms with Crippen molar-refractivity contribution in [2.45, 2.75) is 32.3 Å². The van der Waals surface area contributed by atoms with Crippen LogP contribution < -0.4 is 15.0 Å². The fourth-order valence-corrected chi connectivity index (χ4v) is 3.70. The maximum atomic E-state index is 12.6. The Bertz CT molecular complexity index is 632. The van der Waals surface area contributed by atoms with Gasteiger partial charge in [0.15, 0.2) is 6.10 Å². The Labute approximate surface area is 149 Å². The molecule has 136 valence electrons. The molecule has 25 heavy (non-hydrogen) atoms. The van der Waals surface area contributed by atoms with E-state index in [1.165, 1.54) is 0 Å². The fraction of sp³-hybridized carbons (Fsp3) is 0.579. The number of fused-ring (bicyclic) bond motifs is 1. The molecule has 0 radical (unpaired) electrons. The van der Waals surface area contributed by atoms with E-state index in [-0.39, 0.29) is 11.8 Å². The van der Waals surface area contributed by atoms with Gasteiger partial charge in [0.1, 0.15) is 5.75 Å². The normalized spacial score (nSPS) is 23.2. The average Bonchev–Trinajstić information content (AvgIpc) is 2.62. The van der Waals surface area contributed by atoms with Crippen LogP contribution in [0.5, 0.6) is 5.75 Å². The molecular weight excluding hydrogens is 318 g/mol. The Hall–Kier alpha value is -2.08. The molecule has 6 heteroatoms. The molecule has 0 bridgehead atoms. The molecule has 2 aliphatic rings. The molecule has 0 spiro atoms. The molecule has 2 atom stereocenters. The quantitative estimate of drug-likeness (QED) is 0.881. The van der Waals surface area contributed by atoms with Crippen molar-refractivity contribution in [2.75, 3.05) is 38.1 Å². The smallest absolute Gasteiger partial charge is 0.267 e. The summed E-state index contributed by atoms with van der Waals surface area (Å²) in [5, 5.41) is 3.20. The molecule has 2 heterocycles. The van der Waals surface area contributed by atoms with Crippen LogP contribution in [0.15, 0.2) is 24.3 Å². The predicted octanol–water partition coefficient (Wildman–Crippen LogP) is 1.65. The highest BCUT2D eigenvalue weighted by Crippen LogP contribution is 2.33. The predicted molar refractivity (Wildman–Crippen MR) is 96.7 cm³/mol. The van der Waals surface area contributed by atoms with Gasteiger partial charge in [-0.25, -0.2) is 0 Å². The zero-order chi connectivity index (χ0) is 17.8. The third kappa shape index (κ3) is 3.95. The first-order chi connectivity index (χ1) is 12.1. The van der Waals surface area contributed by atoms with E-state index in [4.69, 9.17) is 4.74 Å². The number of carbonyl (C=O) groups excluding carboxylic acids is 2. The summed E-state index contributed by atoms with van der Waals surface area (Å²) in [6, 6.07) is 7.50. The van der Waals surface area contributed by atoms with E-state index in [2.05, 4.69) is 5.32 Å². The van der Waals surface area contributed by atoms with Crippen LogP contribution >= 0.6 is 0 Å². The Balaban J connectivity index is 1.62. The molecule has 0 saturated carbocycles. The largest absolute Gasteiger partial charge is 0.479 e. The van der Waals surface area contributed by atoms with Gasteiger partial charge in [0.25, 0.3) is 5.91 Å². The van der Waals surface area contributed by atoms with E-state index < -0.39 is 6.10 Å². The molecule has 2 unspecified atom stereocenters. The summed E-state index contributed by atoms with van der Waals surface area (Å²) in [5.74, 6) is 1.27. The standard InChI is InChI=1S/C19H27N3O3/c1-14-19(24)22(16-7-3-4-8-17(16)25-14)11-9-18(23)21-10-5-6-15(13-21)12-20-2/h3-4,7-8,14-15,20H,5-6,9-13H2,1-2H3. The molecule has 1 N–H and O–H groups in total. The fourth-order valence-electron chi connectivity index (χ4n) is 3.70. The molecule has 2 amide bonds. The Morgan fingerprint density at radius 3 is 2.96 bits per heavy atom. The molecule has 6 nitrogen and oxygen atoms in total. The average molecular weight is 345 g/mol. The van der Waals surface area contributed by atoms with Gasteiger partial charge in [-0.3, -0.25) is 9.59 Å². The van der Waals surface area contributed by atoms with E-state index in [1.807, 2.05) is 36.2 Å². The second-order valence-electron chi connectivity index (χ2n) is 6.87. The lowest BCUT2D eigenvalue weighted by atomic mass is 9.98. The molecule has 1 fully saturated rings. The Kier molecular flexibility index (Phi) is 5.58. The first kappa shape index (κ1) is 17.7. The molecule has 0 aromatic heterocycles. The van der Waals surface area contributed by atoms with Crippen molar-refractivity contribution in [2.24, 2.45) is 5.92 Å². The van der Waals surface area contributed by atoms with Crippen molar-refractivity contribution in [3.05, 3.63) is 24.3 Å². The van der Waals surface area contributed by atoms with Crippen LogP contribution in [0.1, 0.15) is 26.2 Å². The third-order valence-electron chi connectivity index (χ3n) is 4.99. The Morgan fingerprint density at radius 2 is 2.16 bits per heavy atom. The highest BCUT2D eigenvalue weighted by molar-refractivity contribution is 6.00. The number of nitrogens with zero attached hydrogens (tertiary/aromatic N) is 2. The summed E-state index contributed by atoms with van der Waals surface area (Å²) < 4.78 is 5.64. The highest BCUT2D eigenvalue weighted by Gasteiger charge is 2.32. The van der Waals surface area contributed by atoms with Gasteiger partial charge >= 0.3 is 0 Å². The topological polar surface area (TPSA) is 61.9 Å². The van der Waals surface area contributed by atoms with Gasteiger partial charge in [0.05, 0.1) is 5.69 Å². The van der Waals surface area contributed by atoms with Gasteiger partial charge in [0.2, 0.25) is 5.91 Å². The molecule has 1 saturated heterocycles. The number of hydrogen-bond donors (Lipinski definition) is 1. The number of rotatable bonds is 5. The minimum atomic E-state index is -0.514. The molecular formula is C19H27N3O3. The van der Waals surface area contributed by atoms with Crippen molar-refractivity contribution in [3.8, 4) is 5.75 Å². The number of carbonyl (C=O) groups is 2. The van der Waals surface area contributed by atoms with Crippen molar-refractivity contribution in [1.29, 1.82) is 0 Å². The van der Waals surface area contributed by atoms with Crippen molar-refractivity contribution >= 4 is 17.5 Å². The summed E-state index contributed by atoms with van der Waals surface area (Å²) in [6.45, 7) is 4.72. The van der Waals surface area contributed by atoms with Crippen LogP contribution in [0.25, 0.3) is 0 Å². The first-order valence-corrected chi connectivity index (χ1v) is 9.09. The summed E-state index contributed by atoms with van der Waals surface area (Å²) >= 11 is 0. The monoisotopic (exact) mass is 345 g/mol. The number of benzene rings is 1. The van der Waals surface area contributed by atoms with Crippen LogP contribution in [-0.4, -0.2) is 56.0 Å². The van der Waals surface area contributed by atoms with Crippen LogP contribution in [0.3, 0.4) is 0 Å². The molecule has 2 aliphatic heterocycles. The number of ether oxygens (including phenoxy) is 1. The number of para-hydroxylation sites is 2. The summed E-state index contributed by atoms with van der Waals surface area (Å²) in [5.41, 5.74) is 0.755. The number of amides is 2. The van der Waals surface area contributed by atoms with Gasteiger partial charge in [-0.1, -0.05) is 12.1 Å². The zero-order valence-electron chi connectivity index (χ0n) is 15.0. The third-order valence-corrected chi connectivity index (χ3v) is 4.99. The highest BCUT2D eigenvalue weighted by atomic mass is 16.5. The molecule has 1 aromatic carbocycles. The molecule has 1 aromatic rings. The van der Waals surface area contributed by atoms with E-state index in [1.54, 1.807) is 11.8 Å². The second-order valence-corrected chi connectivity index (χ2v) is 6.87. The SMILES string of the molecule is CNCC1CCCN(C(=O)CCN2C(=O)C(C)Oc3ccccc32)C1. The van der Waals surface area contributed by atoms with Crippen LogP contribution in [-0.2, 0) is 9.59 Å². The lowest BCUT2D eigenvalue weighted by Gasteiger charge is -2.35. The first-order valence-electron chi connectivity index (χ1n) is 9.09. The number of piperidine rings is 1. The lowest BCUT2D eigenvalue weighted by molar-refractivity contribution is -0.133. The lowest BCUT2D eigenvalue weighted by Crippen LogP contribution is -2.47. The van der Waals surface area contributed by atoms with Crippen LogP contribution in [0, 0.1) is 5.92 Å². The van der Waals surface area contributed by atoms with E-state index >= 15 is 0 Å². The molecule has 3 rings (SSSR count). The van der Waals surface area contributed by atoms with Gasteiger partial charge < -0.3 is 19.9 Å². The summed E-state index contributed by atoms with van der Waals surface area (Å²) in [4.78, 5) is 28.7. The van der Waals surface area contributed by atoms with Crippen molar-refractivity contribution in [1.82, 2.24) is 10.2 Å². The molecule has 0 aliphatic carbocycles. The van der Waals surface area contributed by atoms with Gasteiger partial charge in [-0.05, 0) is 51.4 Å². The maximum Gasteiger partial charge on any atom is 0.267 e. The maximum absolute atomic E-state index is 12.6. The van der Waals surface area contributed by atoms with E-state index in [9.17, 15) is 9.59 Å². The Morgan fingerprint density at radius 1 is 1.36 bits per heavy atom. The van der Waals surface area contributed by atoms with Gasteiger partial charge in [0, 0.05) is 26.1 Å². The summed E-state index contributed by atoms with van der Waals surface area (Å²) in [7, 11) is 1.95. The van der Waals surface area contributed by atoms with Crippen molar-refractivity contribution in [3.63, 3.8) is 0 Å². The van der Waals surface area contributed by atoms with E-state index in [0.717, 1.165) is 38.2 Å². The van der Waals surface area contributed by atoms with Crippen molar-refractivity contribution < 1.29 is 14.3 Å². The van der Waals surface area contributed by atoms with Gasteiger partial charge in [-0.15, -0.1) is 0 Å². The number of likely N-dealkylation sites (tertiary alicyclic amines) is 1. The number of hydrogen-bond acceptors (Lipinski definition) is 4. The minimum Gasteiger partial charge on any atom is -0.479 e. The minimum absolute atomic E-state index is 0.0850. The van der Waals surface area contributed by atoms with Gasteiger partial charge in [-0.2, -0.15) is 0 Å². The van der Waals surface area contributed by atoms with Crippen LogP contribution in [0.4, 0.5) is 5.69 Å². The van der Waals surface area contributed by atoms with E-state index in [0.29, 0.717) is 24.6 Å². The summed E-state index contributed by atoms with van der Waals surface area (Å²) in [6.07, 6.45) is 2.05. The number of anilines is 1. The van der Waals surface area contributed by atoms with Crippen LogP contribution in [0.2, 0.25) is 0 Å². The number of nitrogens with one attached hydrogen (secondary N) is 1. The second kappa shape index (κ2) is 7.87. The zero-order valence-corrected chi connectivity index (χ0v) is 15.0.